The summed E-state index contributed by atoms with van der Waals surface area (Å²) in [6.07, 6.45) is 4.25. The summed E-state index contributed by atoms with van der Waals surface area (Å²) in [7, 11) is -3.72. The molecule has 1 unspecified atom stereocenters. The van der Waals surface area contributed by atoms with Crippen molar-refractivity contribution in [2.45, 2.75) is 56.6 Å². The van der Waals surface area contributed by atoms with Crippen LogP contribution in [0.5, 0.6) is 0 Å². The Hall–Kier alpha value is -2.18. The molecular formula is C22H27NO4S. The van der Waals surface area contributed by atoms with Crippen LogP contribution in [0.2, 0.25) is 0 Å². The SMILES string of the molecule is CCCCc1ccc(S(=O)(=O)N2CCCC2C(=O)OCc2ccccc2)cc1. The maximum Gasteiger partial charge on any atom is 0.324 e. The molecule has 1 fully saturated rings. The van der Waals surface area contributed by atoms with Crippen molar-refractivity contribution in [2.24, 2.45) is 0 Å². The summed E-state index contributed by atoms with van der Waals surface area (Å²) in [5, 5.41) is 0. The van der Waals surface area contributed by atoms with Crippen LogP contribution in [0.4, 0.5) is 0 Å². The first-order valence-electron chi connectivity index (χ1n) is 9.83. The fourth-order valence-electron chi connectivity index (χ4n) is 3.43. The topological polar surface area (TPSA) is 63.7 Å². The molecule has 1 aliphatic heterocycles. The van der Waals surface area contributed by atoms with E-state index in [0.29, 0.717) is 19.4 Å². The van der Waals surface area contributed by atoms with Crippen LogP contribution in [-0.2, 0) is 32.6 Å². The number of hydrogen-bond donors (Lipinski definition) is 0. The molecule has 0 spiro atoms. The number of aryl methyl sites for hydroxylation is 1. The van der Waals surface area contributed by atoms with Gasteiger partial charge in [-0.05, 0) is 48.9 Å². The highest BCUT2D eigenvalue weighted by atomic mass is 32.2. The first-order valence-corrected chi connectivity index (χ1v) is 11.3. The second kappa shape index (κ2) is 9.34. The van der Waals surface area contributed by atoms with Crippen LogP contribution in [0, 0.1) is 0 Å². The van der Waals surface area contributed by atoms with Crippen molar-refractivity contribution in [1.82, 2.24) is 4.31 Å². The average Bonchev–Trinajstić information content (AvgIpc) is 3.22. The molecule has 0 N–H and O–H groups in total. The highest BCUT2D eigenvalue weighted by molar-refractivity contribution is 7.89. The fraction of sp³-hybridized carbons (Fsp3) is 0.409. The maximum absolute atomic E-state index is 13.1. The van der Waals surface area contributed by atoms with Gasteiger partial charge < -0.3 is 4.74 Å². The lowest BCUT2D eigenvalue weighted by molar-refractivity contribution is -0.148. The lowest BCUT2D eigenvalue weighted by Crippen LogP contribution is -2.41. The minimum atomic E-state index is -3.72. The van der Waals surface area contributed by atoms with Crippen molar-refractivity contribution >= 4 is 16.0 Å². The zero-order chi connectivity index (χ0) is 20.0. The first kappa shape index (κ1) is 20.6. The summed E-state index contributed by atoms with van der Waals surface area (Å²) in [5.41, 5.74) is 2.01. The zero-order valence-electron chi connectivity index (χ0n) is 16.2. The fourth-order valence-corrected chi connectivity index (χ4v) is 5.08. The Bertz CT molecular complexity index is 879. The number of nitrogens with zero attached hydrogens (tertiary/aromatic N) is 1. The smallest absolute Gasteiger partial charge is 0.324 e. The summed E-state index contributed by atoms with van der Waals surface area (Å²) in [6, 6.07) is 15.6. The molecule has 1 aliphatic rings. The van der Waals surface area contributed by atoms with E-state index < -0.39 is 22.0 Å². The van der Waals surface area contributed by atoms with Crippen molar-refractivity contribution < 1.29 is 17.9 Å². The second-order valence-electron chi connectivity index (χ2n) is 7.11. The molecule has 0 saturated carbocycles. The van der Waals surface area contributed by atoms with E-state index in [1.54, 1.807) is 12.1 Å². The number of sulfonamides is 1. The van der Waals surface area contributed by atoms with Gasteiger partial charge in [0, 0.05) is 6.54 Å². The number of hydrogen-bond acceptors (Lipinski definition) is 4. The Labute approximate surface area is 167 Å². The quantitative estimate of drug-likeness (QED) is 0.629. The average molecular weight is 402 g/mol. The summed E-state index contributed by atoms with van der Waals surface area (Å²) in [6.45, 7) is 2.62. The van der Waals surface area contributed by atoms with Crippen molar-refractivity contribution in [3.63, 3.8) is 0 Å². The first-order chi connectivity index (χ1) is 13.5. The van der Waals surface area contributed by atoms with Crippen LogP contribution in [0.15, 0.2) is 59.5 Å². The van der Waals surface area contributed by atoms with E-state index >= 15 is 0 Å². The lowest BCUT2D eigenvalue weighted by atomic mass is 10.1. The minimum Gasteiger partial charge on any atom is -0.460 e. The molecule has 0 bridgehead atoms. The van der Waals surface area contributed by atoms with E-state index in [9.17, 15) is 13.2 Å². The van der Waals surface area contributed by atoms with Gasteiger partial charge in [0.15, 0.2) is 0 Å². The van der Waals surface area contributed by atoms with E-state index in [2.05, 4.69) is 6.92 Å². The van der Waals surface area contributed by atoms with Crippen LogP contribution in [0.3, 0.4) is 0 Å². The zero-order valence-corrected chi connectivity index (χ0v) is 17.0. The molecule has 6 heteroatoms. The van der Waals surface area contributed by atoms with Crippen molar-refractivity contribution in [3.05, 3.63) is 65.7 Å². The number of carbonyl (C=O) groups excluding carboxylic acids is 1. The van der Waals surface area contributed by atoms with E-state index in [1.807, 2.05) is 42.5 Å². The van der Waals surface area contributed by atoms with Gasteiger partial charge in [0.1, 0.15) is 12.6 Å². The molecular weight excluding hydrogens is 374 g/mol. The third-order valence-electron chi connectivity index (χ3n) is 5.05. The third-order valence-corrected chi connectivity index (χ3v) is 6.97. The monoisotopic (exact) mass is 401 g/mol. The molecule has 3 rings (SSSR count). The van der Waals surface area contributed by atoms with Gasteiger partial charge in [0.25, 0.3) is 0 Å². The summed E-state index contributed by atoms with van der Waals surface area (Å²) in [4.78, 5) is 12.8. The highest BCUT2D eigenvalue weighted by Gasteiger charge is 2.40. The number of ether oxygens (including phenoxy) is 1. The number of carbonyl (C=O) groups is 1. The molecule has 1 atom stereocenters. The number of esters is 1. The van der Waals surface area contributed by atoms with Crippen molar-refractivity contribution in [2.75, 3.05) is 6.54 Å². The van der Waals surface area contributed by atoms with Gasteiger partial charge >= 0.3 is 5.97 Å². The van der Waals surface area contributed by atoms with Crippen LogP contribution >= 0.6 is 0 Å². The second-order valence-corrected chi connectivity index (χ2v) is 9.01. The van der Waals surface area contributed by atoms with Crippen LogP contribution in [0.1, 0.15) is 43.7 Å². The van der Waals surface area contributed by atoms with E-state index in [0.717, 1.165) is 30.4 Å². The van der Waals surface area contributed by atoms with Gasteiger partial charge in [-0.25, -0.2) is 8.42 Å². The van der Waals surface area contributed by atoms with Crippen LogP contribution in [0.25, 0.3) is 0 Å². The molecule has 1 saturated heterocycles. The van der Waals surface area contributed by atoms with E-state index in [-0.39, 0.29) is 11.5 Å². The Balaban J connectivity index is 1.69. The van der Waals surface area contributed by atoms with Crippen LogP contribution in [-0.4, -0.2) is 31.3 Å². The Kier molecular flexibility index (Phi) is 6.86. The standard InChI is InChI=1S/C22H27NO4S/c1-2-3-8-18-12-14-20(15-13-18)28(25,26)23-16-7-11-21(23)22(24)27-17-19-9-5-4-6-10-19/h4-6,9-10,12-15,21H,2-3,7-8,11,16-17H2,1H3. The molecule has 0 aliphatic carbocycles. The molecule has 0 radical (unpaired) electrons. The summed E-state index contributed by atoms with van der Waals surface area (Å²) < 4.78 is 32.8. The molecule has 28 heavy (non-hydrogen) atoms. The van der Waals surface area contributed by atoms with E-state index in [4.69, 9.17) is 4.74 Å². The highest BCUT2D eigenvalue weighted by Crippen LogP contribution is 2.27. The van der Waals surface area contributed by atoms with Crippen LogP contribution < -0.4 is 0 Å². The Morgan fingerprint density at radius 1 is 1.07 bits per heavy atom. The number of benzene rings is 2. The maximum atomic E-state index is 13.1. The van der Waals surface area contributed by atoms with Gasteiger partial charge in [-0.2, -0.15) is 4.31 Å². The van der Waals surface area contributed by atoms with Gasteiger partial charge in [0.05, 0.1) is 4.90 Å². The van der Waals surface area contributed by atoms with Gasteiger partial charge in [-0.3, -0.25) is 4.79 Å². The molecule has 0 aromatic heterocycles. The number of unbranched alkanes of at least 4 members (excludes halogenated alkanes) is 1. The molecule has 1 heterocycles. The van der Waals surface area contributed by atoms with E-state index in [1.165, 1.54) is 4.31 Å². The summed E-state index contributed by atoms with van der Waals surface area (Å²) >= 11 is 0. The van der Waals surface area contributed by atoms with Crippen molar-refractivity contribution in [1.29, 1.82) is 0 Å². The predicted molar refractivity (Wildman–Crippen MR) is 108 cm³/mol. The third kappa shape index (κ3) is 4.80. The molecule has 2 aromatic carbocycles. The predicted octanol–water partition coefficient (Wildman–Crippen LogP) is 3.93. The largest absolute Gasteiger partial charge is 0.460 e. The Morgan fingerprint density at radius 2 is 1.79 bits per heavy atom. The molecule has 150 valence electrons. The Morgan fingerprint density at radius 3 is 2.46 bits per heavy atom. The van der Waals surface area contributed by atoms with Gasteiger partial charge in [0.2, 0.25) is 10.0 Å². The minimum absolute atomic E-state index is 0.149. The molecule has 5 nitrogen and oxygen atoms in total. The lowest BCUT2D eigenvalue weighted by Gasteiger charge is -2.23. The van der Waals surface area contributed by atoms with Crippen molar-refractivity contribution in [3.8, 4) is 0 Å². The van der Waals surface area contributed by atoms with Gasteiger partial charge in [-0.15, -0.1) is 0 Å². The molecule has 2 aromatic rings. The number of rotatable bonds is 8. The summed E-state index contributed by atoms with van der Waals surface area (Å²) in [5.74, 6) is -0.482. The molecule has 0 amide bonds. The normalized spacial score (nSPS) is 17.5. The van der Waals surface area contributed by atoms with Gasteiger partial charge in [-0.1, -0.05) is 55.8 Å².